The van der Waals surface area contributed by atoms with Gasteiger partial charge in [0.25, 0.3) is 0 Å². The molecular weight excluding hydrogens is 183 g/mol. The van der Waals surface area contributed by atoms with E-state index in [9.17, 15) is 0 Å². The number of nitrogens with zero attached hydrogens (tertiary/aromatic N) is 2. The quantitative estimate of drug-likeness (QED) is 0.636. The Balaban J connectivity index is 1.89. The van der Waals surface area contributed by atoms with Crippen molar-refractivity contribution < 1.29 is 0 Å². The zero-order chi connectivity index (χ0) is 11.0. The number of hydrogen-bond acceptors (Lipinski definition) is 2. The molecule has 2 aliphatic heterocycles. The molecule has 0 aliphatic carbocycles. The van der Waals surface area contributed by atoms with Gasteiger partial charge in [-0.3, -0.25) is 0 Å². The molecule has 2 rings (SSSR count). The molecule has 2 aliphatic rings. The fraction of sp³-hybridized carbons (Fsp3) is 0.833. The van der Waals surface area contributed by atoms with Crippen molar-refractivity contribution in [3.05, 3.63) is 12.3 Å². The number of hydrogen-bond donors (Lipinski definition) is 0. The summed E-state index contributed by atoms with van der Waals surface area (Å²) < 4.78 is 0. The van der Waals surface area contributed by atoms with Crippen LogP contribution in [0.2, 0.25) is 0 Å². The molecule has 3 heteroatoms. The van der Waals surface area contributed by atoms with Gasteiger partial charge < -0.3 is 9.62 Å². The lowest BCUT2D eigenvalue weighted by Crippen LogP contribution is -2.41. The van der Waals surface area contributed by atoms with E-state index in [1.165, 1.54) is 31.6 Å². The van der Waals surface area contributed by atoms with Crippen molar-refractivity contribution in [1.82, 2.24) is 9.62 Å². The summed E-state index contributed by atoms with van der Waals surface area (Å²) in [4.78, 5) is 5.08. The van der Waals surface area contributed by atoms with Crippen LogP contribution in [0.5, 0.6) is 0 Å². The van der Waals surface area contributed by atoms with Crippen molar-refractivity contribution >= 4 is 7.55 Å². The molecule has 0 radical (unpaired) electrons. The van der Waals surface area contributed by atoms with Crippen molar-refractivity contribution in [2.24, 2.45) is 11.8 Å². The molecule has 0 spiro atoms. The Morgan fingerprint density at radius 1 is 1.20 bits per heavy atom. The number of rotatable bonds is 2. The van der Waals surface area contributed by atoms with Crippen molar-refractivity contribution in [2.75, 3.05) is 13.1 Å². The van der Waals surface area contributed by atoms with E-state index in [1.54, 1.807) is 0 Å². The molecule has 84 valence electrons. The van der Waals surface area contributed by atoms with Gasteiger partial charge in [-0.15, -0.1) is 0 Å². The molecule has 2 nitrogen and oxygen atoms in total. The molecule has 3 atom stereocenters. The largest absolute Gasteiger partial charge is 0.408 e. The summed E-state index contributed by atoms with van der Waals surface area (Å²) in [6, 6.07) is 0.753. The third kappa shape index (κ3) is 2.39. The van der Waals surface area contributed by atoms with Gasteiger partial charge in [-0.2, -0.15) is 0 Å². The van der Waals surface area contributed by atoms with Gasteiger partial charge in [0.1, 0.15) is 0 Å². The second kappa shape index (κ2) is 4.21. The first-order valence-electron chi connectivity index (χ1n) is 6.23. The van der Waals surface area contributed by atoms with Crippen LogP contribution in [0.3, 0.4) is 0 Å². The average Bonchev–Trinajstić information content (AvgIpc) is 2.58. The first-order valence-corrected chi connectivity index (χ1v) is 6.23. The minimum atomic E-state index is 0.753. The summed E-state index contributed by atoms with van der Waals surface area (Å²) in [6.45, 7) is 13.7. The van der Waals surface area contributed by atoms with Crippen LogP contribution in [0.1, 0.15) is 33.6 Å². The lowest BCUT2D eigenvalue weighted by molar-refractivity contribution is 0.394. The summed E-state index contributed by atoms with van der Waals surface area (Å²) >= 11 is 0. The topological polar surface area (TPSA) is 6.48 Å². The lowest BCUT2D eigenvalue weighted by atomic mass is 10.0. The summed E-state index contributed by atoms with van der Waals surface area (Å²) in [5, 5.41) is 0. The Morgan fingerprint density at radius 2 is 1.93 bits per heavy atom. The minimum Gasteiger partial charge on any atom is -0.408 e. The monoisotopic (exact) mass is 206 g/mol. The molecule has 0 aromatic rings. The van der Waals surface area contributed by atoms with Crippen LogP contribution in [0, 0.1) is 11.8 Å². The average molecular weight is 206 g/mol. The molecule has 2 heterocycles. The summed E-state index contributed by atoms with van der Waals surface area (Å²) in [7, 11) is 1.11. The van der Waals surface area contributed by atoms with Gasteiger partial charge in [0.2, 0.25) is 0 Å². The van der Waals surface area contributed by atoms with Gasteiger partial charge in [-0.05, 0) is 43.0 Å². The van der Waals surface area contributed by atoms with E-state index < -0.39 is 0 Å². The van der Waals surface area contributed by atoms with E-state index in [1.807, 2.05) is 0 Å². The lowest BCUT2D eigenvalue weighted by Gasteiger charge is -2.27. The molecular formula is C12H23BN2. The Bertz CT molecular complexity index is 254. The van der Waals surface area contributed by atoms with Crippen molar-refractivity contribution in [3.8, 4) is 0 Å². The first-order chi connectivity index (χ1) is 7.06. The molecule has 0 N–H and O–H groups in total. The maximum Gasteiger partial charge on any atom is 0.324 e. The third-order valence-corrected chi connectivity index (χ3v) is 3.83. The van der Waals surface area contributed by atoms with Crippen LogP contribution in [-0.2, 0) is 0 Å². The molecule has 0 saturated carbocycles. The van der Waals surface area contributed by atoms with Gasteiger partial charge in [0.05, 0.1) is 0 Å². The maximum absolute atomic E-state index is 4.17. The maximum atomic E-state index is 4.17. The van der Waals surface area contributed by atoms with E-state index in [2.05, 4.69) is 37.0 Å². The molecule has 2 fully saturated rings. The van der Waals surface area contributed by atoms with E-state index >= 15 is 0 Å². The van der Waals surface area contributed by atoms with Crippen molar-refractivity contribution in [2.45, 2.75) is 39.7 Å². The molecule has 2 saturated heterocycles. The van der Waals surface area contributed by atoms with Crippen LogP contribution in [-0.4, -0.2) is 36.3 Å². The number of allylic oxidation sites excluding steroid dienone is 1. The highest BCUT2D eigenvalue weighted by atomic mass is 15.2. The summed E-state index contributed by atoms with van der Waals surface area (Å²) in [6.07, 6.45) is 2.55. The van der Waals surface area contributed by atoms with Crippen LogP contribution < -0.4 is 0 Å². The Kier molecular flexibility index (Phi) is 3.10. The molecule has 3 unspecified atom stereocenters. The predicted octanol–water partition coefficient (Wildman–Crippen LogP) is 1.84. The zero-order valence-corrected chi connectivity index (χ0v) is 10.4. The zero-order valence-electron chi connectivity index (χ0n) is 10.4. The van der Waals surface area contributed by atoms with Gasteiger partial charge in [0.15, 0.2) is 0 Å². The first kappa shape index (κ1) is 11.1. The van der Waals surface area contributed by atoms with E-state index in [4.69, 9.17) is 0 Å². The van der Waals surface area contributed by atoms with Gasteiger partial charge in [-0.1, -0.05) is 27.4 Å². The molecule has 15 heavy (non-hydrogen) atoms. The Labute approximate surface area is 94.6 Å². The van der Waals surface area contributed by atoms with Crippen LogP contribution in [0.4, 0.5) is 0 Å². The Hall–Kier alpha value is -0.435. The molecule has 0 bridgehead atoms. The molecule has 0 aromatic heterocycles. The summed E-state index contributed by atoms with van der Waals surface area (Å²) in [5.74, 6) is 1.67. The fourth-order valence-electron chi connectivity index (χ4n) is 3.06. The second-order valence-corrected chi connectivity index (χ2v) is 5.70. The normalized spacial score (nSPS) is 37.7. The van der Waals surface area contributed by atoms with Crippen LogP contribution >= 0.6 is 0 Å². The van der Waals surface area contributed by atoms with Gasteiger partial charge in [0, 0.05) is 6.54 Å². The standard InChI is InChI=1S/C12H23BN2/c1-9-5-11(3)14(7-9)13-15-8-10(2)6-12(15)4/h9-10,12-13H,3,5-8H2,1-2,4H3. The molecule has 0 aromatic carbocycles. The summed E-state index contributed by atoms with van der Waals surface area (Å²) in [5.41, 5.74) is 1.34. The highest BCUT2D eigenvalue weighted by Gasteiger charge is 2.31. The predicted molar refractivity (Wildman–Crippen MR) is 66.7 cm³/mol. The van der Waals surface area contributed by atoms with Crippen molar-refractivity contribution in [1.29, 1.82) is 0 Å². The van der Waals surface area contributed by atoms with Crippen molar-refractivity contribution in [3.63, 3.8) is 0 Å². The Morgan fingerprint density at radius 3 is 2.40 bits per heavy atom. The third-order valence-electron chi connectivity index (χ3n) is 3.83. The van der Waals surface area contributed by atoms with Gasteiger partial charge >= 0.3 is 7.55 Å². The molecule has 0 amide bonds. The second-order valence-electron chi connectivity index (χ2n) is 5.70. The fourth-order valence-corrected chi connectivity index (χ4v) is 3.06. The van der Waals surface area contributed by atoms with Crippen LogP contribution in [0.15, 0.2) is 12.3 Å². The van der Waals surface area contributed by atoms with E-state index in [-0.39, 0.29) is 0 Å². The van der Waals surface area contributed by atoms with E-state index in [0.717, 1.165) is 25.4 Å². The van der Waals surface area contributed by atoms with E-state index in [0.29, 0.717) is 0 Å². The highest BCUT2D eigenvalue weighted by Crippen LogP contribution is 2.27. The van der Waals surface area contributed by atoms with Gasteiger partial charge in [-0.25, -0.2) is 0 Å². The highest BCUT2D eigenvalue weighted by molar-refractivity contribution is 6.29. The van der Waals surface area contributed by atoms with Crippen LogP contribution in [0.25, 0.3) is 0 Å². The minimum absolute atomic E-state index is 0.753. The SMILES string of the molecule is C=C1CC(C)CN1BN1CC(C)CC1C. The smallest absolute Gasteiger partial charge is 0.324 e.